The average molecular weight is 381 g/mol. The van der Waals surface area contributed by atoms with Crippen molar-refractivity contribution in [2.75, 3.05) is 31.1 Å². The Bertz CT molecular complexity index is 795. The summed E-state index contributed by atoms with van der Waals surface area (Å²) < 4.78 is 32.9. The molecule has 1 aromatic carbocycles. The van der Waals surface area contributed by atoms with E-state index >= 15 is 0 Å². The third-order valence-corrected chi connectivity index (χ3v) is 7.38. The lowest BCUT2D eigenvalue weighted by Crippen LogP contribution is -2.43. The maximum absolute atomic E-state index is 12.8. The van der Waals surface area contributed by atoms with Crippen LogP contribution >= 0.6 is 0 Å². The number of fused-ring (bicyclic) bond motifs is 2. The van der Waals surface area contributed by atoms with E-state index in [2.05, 4.69) is 0 Å². The molecule has 3 aliphatic heterocycles. The summed E-state index contributed by atoms with van der Waals surface area (Å²) in [6.45, 7) is 2.17. The molecule has 3 aliphatic rings. The van der Waals surface area contributed by atoms with Crippen LogP contribution in [-0.2, 0) is 14.8 Å². The molecule has 0 amide bonds. The summed E-state index contributed by atoms with van der Waals surface area (Å²) in [4.78, 5) is 13.1. The average Bonchev–Trinajstić information content (AvgIpc) is 2.99. The maximum atomic E-state index is 12.8. The van der Waals surface area contributed by atoms with E-state index in [0.717, 1.165) is 32.1 Å². The van der Waals surface area contributed by atoms with Gasteiger partial charge in [-0.15, -0.1) is 0 Å². The second-order valence-electron chi connectivity index (χ2n) is 7.23. The summed E-state index contributed by atoms with van der Waals surface area (Å²) in [5, 5.41) is 11.6. The standard InChI is InChI=1S/C17H23N3O5S/c21-20(22)17-10-15(26(23,24)19-8-2-1-3-9-19)6-7-16(17)18-11-13-4-5-14(12-18)25-13/h6-7,10,13-14H,1-5,8-9,11-12H2. The minimum Gasteiger partial charge on any atom is -0.371 e. The smallest absolute Gasteiger partial charge is 0.293 e. The number of morpholine rings is 1. The van der Waals surface area contributed by atoms with Crippen LogP contribution in [0.2, 0.25) is 0 Å². The molecule has 3 heterocycles. The molecule has 26 heavy (non-hydrogen) atoms. The predicted molar refractivity (Wildman–Crippen MR) is 95.8 cm³/mol. The van der Waals surface area contributed by atoms with Crippen LogP contribution in [0.25, 0.3) is 0 Å². The molecule has 1 aromatic rings. The first-order chi connectivity index (χ1) is 12.4. The van der Waals surface area contributed by atoms with Gasteiger partial charge >= 0.3 is 0 Å². The van der Waals surface area contributed by atoms with E-state index < -0.39 is 14.9 Å². The third-order valence-electron chi connectivity index (χ3n) is 5.48. The Hall–Kier alpha value is -1.71. The van der Waals surface area contributed by atoms with Crippen LogP contribution in [0.5, 0.6) is 0 Å². The van der Waals surface area contributed by atoms with Crippen molar-refractivity contribution in [3.8, 4) is 0 Å². The number of ether oxygens (including phenoxy) is 1. The van der Waals surface area contributed by atoms with E-state index in [1.54, 1.807) is 6.07 Å². The molecule has 2 atom stereocenters. The van der Waals surface area contributed by atoms with Crippen LogP contribution < -0.4 is 4.90 Å². The lowest BCUT2D eigenvalue weighted by Gasteiger charge is -2.33. The van der Waals surface area contributed by atoms with Gasteiger partial charge in [-0.3, -0.25) is 10.1 Å². The van der Waals surface area contributed by atoms with Gasteiger partial charge in [0.1, 0.15) is 5.69 Å². The van der Waals surface area contributed by atoms with Gasteiger partial charge in [-0.2, -0.15) is 4.31 Å². The van der Waals surface area contributed by atoms with Gasteiger partial charge in [0.15, 0.2) is 0 Å². The molecule has 3 saturated heterocycles. The van der Waals surface area contributed by atoms with E-state index in [1.807, 2.05) is 4.90 Å². The Labute approximate surface area is 152 Å². The number of hydrogen-bond donors (Lipinski definition) is 0. The molecule has 142 valence electrons. The zero-order chi connectivity index (χ0) is 18.3. The Kier molecular flexibility index (Phi) is 4.62. The monoisotopic (exact) mass is 381 g/mol. The number of nitrogens with zero attached hydrogens (tertiary/aromatic N) is 3. The van der Waals surface area contributed by atoms with Crippen molar-refractivity contribution >= 4 is 21.4 Å². The van der Waals surface area contributed by atoms with E-state index in [4.69, 9.17) is 4.74 Å². The van der Waals surface area contributed by atoms with Crippen LogP contribution in [-0.4, -0.2) is 56.0 Å². The number of anilines is 1. The third kappa shape index (κ3) is 3.19. The molecule has 4 rings (SSSR count). The van der Waals surface area contributed by atoms with Gasteiger partial charge in [0.25, 0.3) is 5.69 Å². The number of benzene rings is 1. The molecule has 9 heteroatoms. The Balaban J connectivity index is 1.66. The predicted octanol–water partition coefficient (Wildman–Crippen LogP) is 2.14. The summed E-state index contributed by atoms with van der Waals surface area (Å²) in [6, 6.07) is 4.31. The number of piperidine rings is 1. The van der Waals surface area contributed by atoms with Crippen molar-refractivity contribution in [3.05, 3.63) is 28.3 Å². The minimum absolute atomic E-state index is 0.00563. The SMILES string of the molecule is O=[N+]([O-])c1cc(S(=O)(=O)N2CCCCC2)ccc1N1CC2CCC(C1)O2. The zero-order valence-corrected chi connectivity index (χ0v) is 15.4. The van der Waals surface area contributed by atoms with Gasteiger partial charge in [-0.1, -0.05) is 6.42 Å². The highest BCUT2D eigenvalue weighted by molar-refractivity contribution is 7.89. The fraction of sp³-hybridized carbons (Fsp3) is 0.647. The van der Waals surface area contributed by atoms with Gasteiger partial charge in [-0.25, -0.2) is 8.42 Å². The fourth-order valence-corrected chi connectivity index (χ4v) is 5.68. The largest absolute Gasteiger partial charge is 0.371 e. The van der Waals surface area contributed by atoms with Gasteiger partial charge < -0.3 is 9.64 Å². The first-order valence-corrected chi connectivity index (χ1v) is 10.6. The van der Waals surface area contributed by atoms with E-state index in [9.17, 15) is 18.5 Å². The van der Waals surface area contributed by atoms with Gasteiger partial charge in [-0.05, 0) is 37.8 Å². The molecule has 0 spiro atoms. The first-order valence-electron chi connectivity index (χ1n) is 9.14. The summed E-state index contributed by atoms with van der Waals surface area (Å²) in [6.07, 6.45) is 4.82. The van der Waals surface area contributed by atoms with E-state index in [0.29, 0.717) is 31.9 Å². The first kappa shape index (κ1) is 17.7. The van der Waals surface area contributed by atoms with E-state index in [-0.39, 0.29) is 22.8 Å². The Morgan fingerprint density at radius 1 is 1.08 bits per heavy atom. The van der Waals surface area contributed by atoms with Gasteiger partial charge in [0.05, 0.1) is 22.0 Å². The molecule has 2 bridgehead atoms. The second-order valence-corrected chi connectivity index (χ2v) is 9.17. The molecule has 2 unspecified atom stereocenters. The molecule has 0 aliphatic carbocycles. The van der Waals surface area contributed by atoms with Crippen molar-refractivity contribution in [1.82, 2.24) is 4.31 Å². The number of rotatable bonds is 4. The van der Waals surface area contributed by atoms with Crippen LogP contribution in [0.1, 0.15) is 32.1 Å². The topological polar surface area (TPSA) is 93.0 Å². The number of sulfonamides is 1. The van der Waals surface area contributed by atoms with Crippen molar-refractivity contribution in [3.63, 3.8) is 0 Å². The molecule has 0 N–H and O–H groups in total. The molecular weight excluding hydrogens is 358 g/mol. The lowest BCUT2D eigenvalue weighted by atomic mass is 10.2. The molecule has 3 fully saturated rings. The van der Waals surface area contributed by atoms with Gasteiger partial charge in [0, 0.05) is 32.2 Å². The summed E-state index contributed by atoms with van der Waals surface area (Å²) in [5.74, 6) is 0. The number of hydrogen-bond acceptors (Lipinski definition) is 6. The normalized spacial score (nSPS) is 26.8. The van der Waals surface area contributed by atoms with Crippen molar-refractivity contribution in [2.24, 2.45) is 0 Å². The molecule has 0 saturated carbocycles. The van der Waals surface area contributed by atoms with Crippen LogP contribution in [0, 0.1) is 10.1 Å². The highest BCUT2D eigenvalue weighted by Gasteiger charge is 2.36. The quantitative estimate of drug-likeness (QED) is 0.586. The maximum Gasteiger partial charge on any atom is 0.293 e. The molecule has 0 aromatic heterocycles. The molecular formula is C17H23N3O5S. The van der Waals surface area contributed by atoms with Crippen LogP contribution in [0.15, 0.2) is 23.1 Å². The lowest BCUT2D eigenvalue weighted by molar-refractivity contribution is -0.384. The zero-order valence-electron chi connectivity index (χ0n) is 14.5. The van der Waals surface area contributed by atoms with Crippen molar-refractivity contribution in [1.29, 1.82) is 0 Å². The summed E-state index contributed by atoms with van der Waals surface area (Å²) in [7, 11) is -3.69. The number of nitro benzene ring substituents is 1. The highest BCUT2D eigenvalue weighted by atomic mass is 32.2. The van der Waals surface area contributed by atoms with Crippen molar-refractivity contribution in [2.45, 2.75) is 49.2 Å². The van der Waals surface area contributed by atoms with E-state index in [1.165, 1.54) is 16.4 Å². The molecule has 8 nitrogen and oxygen atoms in total. The van der Waals surface area contributed by atoms with Crippen molar-refractivity contribution < 1.29 is 18.1 Å². The van der Waals surface area contributed by atoms with Gasteiger partial charge in [0.2, 0.25) is 10.0 Å². The minimum atomic E-state index is -3.69. The fourth-order valence-electron chi connectivity index (χ4n) is 4.14. The Morgan fingerprint density at radius 2 is 1.73 bits per heavy atom. The molecule has 0 radical (unpaired) electrons. The summed E-state index contributed by atoms with van der Waals surface area (Å²) >= 11 is 0. The van der Waals surface area contributed by atoms with Crippen LogP contribution in [0.3, 0.4) is 0 Å². The summed E-state index contributed by atoms with van der Waals surface area (Å²) in [5.41, 5.74) is 0.331. The second kappa shape index (κ2) is 6.79. The van der Waals surface area contributed by atoms with Crippen LogP contribution in [0.4, 0.5) is 11.4 Å². The Morgan fingerprint density at radius 3 is 2.35 bits per heavy atom. The number of nitro groups is 1. The highest BCUT2D eigenvalue weighted by Crippen LogP contribution is 2.36.